The highest BCUT2D eigenvalue weighted by Gasteiger charge is 2.03. The third kappa shape index (κ3) is 2.79. The summed E-state index contributed by atoms with van der Waals surface area (Å²) in [5, 5.41) is 13.6. The molecule has 6 nitrogen and oxygen atoms in total. The van der Waals surface area contributed by atoms with Gasteiger partial charge in [0.2, 0.25) is 0 Å². The van der Waals surface area contributed by atoms with E-state index in [1.54, 1.807) is 12.1 Å². The van der Waals surface area contributed by atoms with Crippen LogP contribution in [0.15, 0.2) is 41.2 Å². The molecule has 0 aliphatic carbocycles. The van der Waals surface area contributed by atoms with Crippen LogP contribution in [0, 0.1) is 0 Å². The number of fused-ring (bicyclic) bond motifs is 1. The molecule has 0 saturated heterocycles. The molecule has 0 atom stereocenters. The molecule has 0 spiro atoms. The lowest BCUT2D eigenvalue weighted by atomic mass is 10.0. The molecule has 0 saturated carbocycles. The Labute approximate surface area is 121 Å². The summed E-state index contributed by atoms with van der Waals surface area (Å²) in [7, 11) is 0. The summed E-state index contributed by atoms with van der Waals surface area (Å²) in [6.45, 7) is 5.01. The monoisotopic (exact) mass is 283 g/mol. The normalized spacial score (nSPS) is 11.2. The molecule has 3 aromatic rings. The lowest BCUT2D eigenvalue weighted by Gasteiger charge is -2.08. The minimum absolute atomic E-state index is 0.338. The lowest BCUT2D eigenvalue weighted by Crippen LogP contribution is -2.13. The second-order valence-electron chi connectivity index (χ2n) is 5.27. The van der Waals surface area contributed by atoms with Crippen molar-refractivity contribution in [1.82, 2.24) is 19.8 Å². The molecule has 3 rings (SSSR count). The van der Waals surface area contributed by atoms with Gasteiger partial charge in [-0.3, -0.25) is 0 Å². The van der Waals surface area contributed by atoms with Crippen LogP contribution in [0.2, 0.25) is 0 Å². The van der Waals surface area contributed by atoms with Gasteiger partial charge >= 0.3 is 5.69 Å². The number of aromatic amines is 1. The number of nitrogens with zero attached hydrogens (tertiary/aromatic N) is 3. The van der Waals surface area contributed by atoms with Gasteiger partial charge in [0, 0.05) is 6.54 Å². The third-order valence-electron chi connectivity index (χ3n) is 3.39. The molecule has 0 fully saturated rings. The SMILES string of the molecule is CC(C)c1ccc(CNc2ccc3n[nH]c(=O)n3n2)cc1. The zero-order valence-corrected chi connectivity index (χ0v) is 12.0. The van der Waals surface area contributed by atoms with E-state index in [2.05, 4.69) is 58.7 Å². The predicted octanol–water partition coefficient (Wildman–Crippen LogP) is 2.15. The van der Waals surface area contributed by atoms with E-state index >= 15 is 0 Å². The van der Waals surface area contributed by atoms with E-state index in [1.807, 2.05) is 0 Å². The lowest BCUT2D eigenvalue weighted by molar-refractivity contribution is 0.863. The van der Waals surface area contributed by atoms with Crippen molar-refractivity contribution in [2.45, 2.75) is 26.3 Å². The molecule has 0 aliphatic heterocycles. The first-order valence-corrected chi connectivity index (χ1v) is 6.90. The van der Waals surface area contributed by atoms with Gasteiger partial charge in [-0.05, 0) is 29.2 Å². The van der Waals surface area contributed by atoms with Crippen molar-refractivity contribution >= 4 is 11.5 Å². The number of H-pyrrole nitrogens is 1. The van der Waals surface area contributed by atoms with Gasteiger partial charge < -0.3 is 5.32 Å². The maximum absolute atomic E-state index is 11.5. The molecule has 0 unspecified atom stereocenters. The van der Waals surface area contributed by atoms with Gasteiger partial charge in [0.1, 0.15) is 5.82 Å². The van der Waals surface area contributed by atoms with Gasteiger partial charge in [-0.2, -0.15) is 9.61 Å². The largest absolute Gasteiger partial charge is 0.365 e. The van der Waals surface area contributed by atoms with Crippen LogP contribution in [-0.2, 0) is 6.54 Å². The quantitative estimate of drug-likeness (QED) is 0.769. The number of benzene rings is 1. The highest BCUT2D eigenvalue weighted by Crippen LogP contribution is 2.15. The highest BCUT2D eigenvalue weighted by atomic mass is 16.2. The smallest absolute Gasteiger partial charge is 0.364 e. The zero-order chi connectivity index (χ0) is 14.8. The molecule has 0 radical (unpaired) electrons. The summed E-state index contributed by atoms with van der Waals surface area (Å²) in [5.41, 5.74) is 2.66. The van der Waals surface area contributed by atoms with E-state index in [0.29, 0.717) is 23.9 Å². The minimum atomic E-state index is -0.338. The molecule has 2 heterocycles. The first kappa shape index (κ1) is 13.4. The molecule has 2 aromatic heterocycles. The third-order valence-corrected chi connectivity index (χ3v) is 3.39. The zero-order valence-electron chi connectivity index (χ0n) is 12.0. The van der Waals surface area contributed by atoms with E-state index < -0.39 is 0 Å². The molecule has 108 valence electrons. The van der Waals surface area contributed by atoms with Crippen molar-refractivity contribution in [3.8, 4) is 0 Å². The van der Waals surface area contributed by atoms with Crippen molar-refractivity contribution < 1.29 is 0 Å². The van der Waals surface area contributed by atoms with E-state index in [9.17, 15) is 4.79 Å². The van der Waals surface area contributed by atoms with Gasteiger partial charge in [-0.15, -0.1) is 5.10 Å². The molecule has 2 N–H and O–H groups in total. The number of rotatable bonds is 4. The van der Waals surface area contributed by atoms with Crippen molar-refractivity contribution in [3.05, 3.63) is 58.0 Å². The summed E-state index contributed by atoms with van der Waals surface area (Å²) < 4.78 is 1.24. The Hall–Kier alpha value is -2.63. The Morgan fingerprint density at radius 3 is 2.67 bits per heavy atom. The van der Waals surface area contributed by atoms with Crippen LogP contribution in [-0.4, -0.2) is 19.8 Å². The first-order chi connectivity index (χ1) is 10.1. The molecular formula is C15H17N5O. The summed E-state index contributed by atoms with van der Waals surface area (Å²) >= 11 is 0. The molecule has 0 bridgehead atoms. The van der Waals surface area contributed by atoms with Crippen molar-refractivity contribution in [2.75, 3.05) is 5.32 Å². The van der Waals surface area contributed by atoms with Gasteiger partial charge in [0.25, 0.3) is 0 Å². The van der Waals surface area contributed by atoms with Gasteiger partial charge in [-0.1, -0.05) is 38.1 Å². The standard InChI is InChI=1S/C15H17N5O/c1-10(2)12-5-3-11(4-6-12)9-16-13-7-8-14-17-18-15(21)20(14)19-13/h3-8,10H,9H2,1-2H3,(H,16,19)(H,18,21). The van der Waals surface area contributed by atoms with E-state index in [0.717, 1.165) is 0 Å². The van der Waals surface area contributed by atoms with Crippen molar-refractivity contribution in [2.24, 2.45) is 0 Å². The van der Waals surface area contributed by atoms with Crippen molar-refractivity contribution in [3.63, 3.8) is 0 Å². The van der Waals surface area contributed by atoms with Gasteiger partial charge in [0.05, 0.1) is 0 Å². The number of anilines is 1. The Bertz CT molecular complexity index is 801. The van der Waals surface area contributed by atoms with Crippen molar-refractivity contribution in [1.29, 1.82) is 0 Å². The summed E-state index contributed by atoms with van der Waals surface area (Å²) in [6, 6.07) is 12.0. The summed E-state index contributed by atoms with van der Waals surface area (Å²) in [4.78, 5) is 11.5. The van der Waals surface area contributed by atoms with Crippen LogP contribution in [0.4, 0.5) is 5.82 Å². The van der Waals surface area contributed by atoms with Crippen LogP contribution in [0.5, 0.6) is 0 Å². The Kier molecular flexibility index (Phi) is 3.43. The number of hydrogen-bond donors (Lipinski definition) is 2. The number of aromatic nitrogens is 4. The fourth-order valence-corrected chi connectivity index (χ4v) is 2.11. The first-order valence-electron chi connectivity index (χ1n) is 6.90. The maximum Gasteiger partial charge on any atom is 0.364 e. The van der Waals surface area contributed by atoms with Gasteiger partial charge in [-0.25, -0.2) is 9.89 Å². The fraction of sp³-hybridized carbons (Fsp3) is 0.267. The molecule has 0 amide bonds. The van der Waals surface area contributed by atoms with Gasteiger partial charge in [0.15, 0.2) is 5.65 Å². The number of hydrogen-bond acceptors (Lipinski definition) is 4. The molecular weight excluding hydrogens is 266 g/mol. The molecule has 21 heavy (non-hydrogen) atoms. The van der Waals surface area contributed by atoms with E-state index in [1.165, 1.54) is 15.6 Å². The van der Waals surface area contributed by atoms with Crippen LogP contribution in [0.1, 0.15) is 30.9 Å². The Balaban J connectivity index is 1.73. The number of nitrogens with one attached hydrogen (secondary N) is 2. The van der Waals surface area contributed by atoms with Crippen LogP contribution < -0.4 is 11.0 Å². The minimum Gasteiger partial charge on any atom is -0.365 e. The second-order valence-corrected chi connectivity index (χ2v) is 5.27. The molecule has 1 aromatic carbocycles. The predicted molar refractivity (Wildman–Crippen MR) is 81.5 cm³/mol. The maximum atomic E-state index is 11.5. The highest BCUT2D eigenvalue weighted by molar-refractivity contribution is 5.43. The summed E-state index contributed by atoms with van der Waals surface area (Å²) in [6.07, 6.45) is 0. The topological polar surface area (TPSA) is 75.1 Å². The fourth-order valence-electron chi connectivity index (χ4n) is 2.11. The second kappa shape index (κ2) is 5.40. The molecule has 0 aliphatic rings. The Morgan fingerprint density at radius 2 is 1.95 bits per heavy atom. The average Bonchev–Trinajstić information content (AvgIpc) is 2.87. The average molecular weight is 283 g/mol. The van der Waals surface area contributed by atoms with Crippen LogP contribution in [0.3, 0.4) is 0 Å². The molecule has 6 heteroatoms. The summed E-state index contributed by atoms with van der Waals surface area (Å²) in [5.74, 6) is 1.17. The van der Waals surface area contributed by atoms with Crippen LogP contribution in [0.25, 0.3) is 5.65 Å². The van der Waals surface area contributed by atoms with Crippen LogP contribution >= 0.6 is 0 Å². The Morgan fingerprint density at radius 1 is 1.19 bits per heavy atom. The van der Waals surface area contributed by atoms with E-state index in [-0.39, 0.29) is 5.69 Å². The van der Waals surface area contributed by atoms with E-state index in [4.69, 9.17) is 0 Å².